The van der Waals surface area contributed by atoms with Gasteiger partial charge in [-0.05, 0) is 25.0 Å². The van der Waals surface area contributed by atoms with Crippen LogP contribution in [0.1, 0.15) is 29.9 Å². The topological polar surface area (TPSA) is 101 Å². The lowest BCUT2D eigenvalue weighted by molar-refractivity contribution is 0.0697. The van der Waals surface area contributed by atoms with E-state index in [1.807, 2.05) is 0 Å². The van der Waals surface area contributed by atoms with E-state index in [4.69, 9.17) is 11.6 Å². The third-order valence-corrected chi connectivity index (χ3v) is 8.07. The lowest BCUT2D eigenvalue weighted by Gasteiger charge is -2.34. The minimum Gasteiger partial charge on any atom is -0.336 e. The van der Waals surface area contributed by atoms with Gasteiger partial charge in [0.25, 0.3) is 5.91 Å². The fourth-order valence-corrected chi connectivity index (χ4v) is 6.18. The van der Waals surface area contributed by atoms with Crippen molar-refractivity contribution < 1.29 is 13.2 Å². The summed E-state index contributed by atoms with van der Waals surface area (Å²) in [4.78, 5) is 14.9. The lowest BCUT2D eigenvalue weighted by Crippen LogP contribution is -2.50. The van der Waals surface area contributed by atoms with Crippen LogP contribution in [-0.2, 0) is 16.6 Å². The van der Waals surface area contributed by atoms with E-state index in [0.29, 0.717) is 39.9 Å². The third-order valence-electron chi connectivity index (χ3n) is 5.21. The molecule has 1 aliphatic heterocycles. The van der Waals surface area contributed by atoms with Crippen molar-refractivity contribution in [3.63, 3.8) is 0 Å². The molecule has 3 heterocycles. The van der Waals surface area contributed by atoms with Crippen molar-refractivity contribution >= 4 is 50.3 Å². The highest BCUT2D eigenvalue weighted by Gasteiger charge is 2.33. The quantitative estimate of drug-likeness (QED) is 0.554. The zero-order valence-electron chi connectivity index (χ0n) is 17.4. The second-order valence-corrected chi connectivity index (χ2v) is 10.7. The normalized spacial score (nSPS) is 15.8. The van der Waals surface area contributed by atoms with Crippen LogP contribution in [-0.4, -0.2) is 68.2 Å². The van der Waals surface area contributed by atoms with Gasteiger partial charge in [0.15, 0.2) is 0 Å². The Kier molecular flexibility index (Phi) is 6.03. The number of nitrogens with zero attached hydrogens (tertiary/aromatic N) is 6. The van der Waals surface area contributed by atoms with Crippen LogP contribution in [0.3, 0.4) is 0 Å². The Morgan fingerprint density at radius 1 is 1.19 bits per heavy atom. The molecule has 12 heteroatoms. The van der Waals surface area contributed by atoms with E-state index in [1.54, 1.807) is 34.7 Å². The van der Waals surface area contributed by atoms with Crippen LogP contribution >= 0.6 is 23.3 Å². The smallest absolute Gasteiger partial charge is 0.258 e. The van der Waals surface area contributed by atoms with Crippen LogP contribution in [0.5, 0.6) is 0 Å². The third kappa shape index (κ3) is 4.07. The lowest BCUT2D eigenvalue weighted by atomic mass is 10.2. The van der Waals surface area contributed by atoms with Crippen LogP contribution in [0.4, 0.5) is 0 Å². The summed E-state index contributed by atoms with van der Waals surface area (Å²) in [5.41, 5.74) is 1.90. The summed E-state index contributed by atoms with van der Waals surface area (Å²) in [7, 11) is -3.74. The van der Waals surface area contributed by atoms with Crippen molar-refractivity contribution in [1.29, 1.82) is 0 Å². The summed E-state index contributed by atoms with van der Waals surface area (Å²) in [6, 6.07) is 4.94. The van der Waals surface area contributed by atoms with E-state index in [-0.39, 0.29) is 37.0 Å². The first-order valence-electron chi connectivity index (χ1n) is 9.93. The van der Waals surface area contributed by atoms with Crippen LogP contribution in [0.2, 0.25) is 5.15 Å². The van der Waals surface area contributed by atoms with Gasteiger partial charge < -0.3 is 4.90 Å². The number of hydrogen-bond acceptors (Lipinski definition) is 7. The van der Waals surface area contributed by atoms with Crippen LogP contribution < -0.4 is 0 Å². The maximum atomic E-state index is 13.2. The van der Waals surface area contributed by atoms with Gasteiger partial charge in [-0.15, -0.1) is 0 Å². The average molecular weight is 483 g/mol. The van der Waals surface area contributed by atoms with Crippen molar-refractivity contribution in [2.24, 2.45) is 5.92 Å². The number of aromatic nitrogens is 4. The molecule has 0 spiro atoms. The highest BCUT2D eigenvalue weighted by Crippen LogP contribution is 2.27. The fourth-order valence-electron chi connectivity index (χ4n) is 3.68. The first-order valence-corrected chi connectivity index (χ1v) is 12.5. The Hall–Kier alpha value is -2.08. The van der Waals surface area contributed by atoms with Gasteiger partial charge in [0.1, 0.15) is 21.1 Å². The minimum atomic E-state index is -3.74. The van der Waals surface area contributed by atoms with Crippen LogP contribution in [0, 0.1) is 12.8 Å². The number of sulfonamides is 1. The number of benzene rings is 1. The number of amides is 1. The van der Waals surface area contributed by atoms with Crippen LogP contribution in [0.15, 0.2) is 23.1 Å². The number of aryl methyl sites for hydroxylation is 1. The molecule has 0 saturated carbocycles. The number of halogens is 1. The molecule has 31 heavy (non-hydrogen) atoms. The molecule has 3 aromatic rings. The summed E-state index contributed by atoms with van der Waals surface area (Å²) < 4.78 is 37.7. The second kappa shape index (κ2) is 8.45. The first-order chi connectivity index (χ1) is 14.7. The maximum Gasteiger partial charge on any atom is 0.258 e. The molecule has 1 saturated heterocycles. The van der Waals surface area contributed by atoms with E-state index >= 15 is 0 Å². The van der Waals surface area contributed by atoms with Crippen molar-refractivity contribution in [2.75, 3.05) is 26.2 Å². The Bertz CT molecular complexity index is 1230. The molecular weight excluding hydrogens is 460 g/mol. The fraction of sp³-hybridized carbons (Fsp3) is 0.474. The number of carbonyl (C=O) groups is 1. The Labute approximate surface area is 190 Å². The highest BCUT2D eigenvalue weighted by molar-refractivity contribution is 7.89. The molecule has 0 N–H and O–H groups in total. The Balaban J connectivity index is 1.51. The second-order valence-electron chi connectivity index (χ2n) is 7.91. The zero-order chi connectivity index (χ0) is 22.3. The Morgan fingerprint density at radius 2 is 1.90 bits per heavy atom. The maximum absolute atomic E-state index is 13.2. The van der Waals surface area contributed by atoms with Gasteiger partial charge in [0.05, 0.1) is 23.0 Å². The molecule has 1 aliphatic rings. The first kappa shape index (κ1) is 22.1. The molecule has 0 atom stereocenters. The number of carbonyl (C=O) groups excluding carboxylic acids is 1. The minimum absolute atomic E-state index is 0.146. The molecule has 2 aromatic heterocycles. The monoisotopic (exact) mass is 482 g/mol. The predicted molar refractivity (Wildman–Crippen MR) is 119 cm³/mol. The van der Waals surface area contributed by atoms with E-state index < -0.39 is 10.0 Å². The molecule has 0 unspecified atom stereocenters. The molecule has 0 bridgehead atoms. The molecule has 1 aromatic carbocycles. The summed E-state index contributed by atoms with van der Waals surface area (Å²) in [6.45, 7) is 7.42. The van der Waals surface area contributed by atoms with Crippen molar-refractivity contribution in [3.05, 3.63) is 34.6 Å². The molecule has 1 fully saturated rings. The predicted octanol–water partition coefficient (Wildman–Crippen LogP) is 2.65. The number of hydrogen-bond donors (Lipinski definition) is 0. The van der Waals surface area contributed by atoms with Gasteiger partial charge in [-0.25, -0.2) is 8.42 Å². The summed E-state index contributed by atoms with van der Waals surface area (Å²) in [6.07, 6.45) is 0. The van der Waals surface area contributed by atoms with Gasteiger partial charge in [0.2, 0.25) is 10.0 Å². The zero-order valence-corrected chi connectivity index (χ0v) is 19.8. The van der Waals surface area contributed by atoms with E-state index in [0.717, 1.165) is 11.7 Å². The number of fused-ring (bicyclic) bond motifs is 1. The summed E-state index contributed by atoms with van der Waals surface area (Å²) in [5, 5.41) is 4.73. The van der Waals surface area contributed by atoms with Gasteiger partial charge in [-0.2, -0.15) is 18.2 Å². The van der Waals surface area contributed by atoms with Crippen molar-refractivity contribution in [1.82, 2.24) is 27.7 Å². The SMILES string of the molecule is Cc1nn(CC(C)C)c(Cl)c1C(=O)N1CCN(S(=O)(=O)c2cccc3nsnc23)CC1. The number of piperazine rings is 1. The average Bonchev–Trinajstić information content (AvgIpc) is 3.31. The van der Waals surface area contributed by atoms with E-state index in [2.05, 4.69) is 27.7 Å². The van der Waals surface area contributed by atoms with E-state index in [1.165, 1.54) is 4.31 Å². The molecule has 0 aliphatic carbocycles. The van der Waals surface area contributed by atoms with Crippen LogP contribution in [0.25, 0.3) is 11.0 Å². The number of rotatable bonds is 5. The van der Waals surface area contributed by atoms with Gasteiger partial charge in [0, 0.05) is 32.7 Å². The molecule has 9 nitrogen and oxygen atoms in total. The van der Waals surface area contributed by atoms with Gasteiger partial charge >= 0.3 is 0 Å². The molecular formula is C19H23ClN6O3S2. The Morgan fingerprint density at radius 3 is 2.58 bits per heavy atom. The molecule has 1 amide bonds. The van der Waals surface area contributed by atoms with Gasteiger partial charge in [-0.3, -0.25) is 9.48 Å². The standard InChI is InChI=1S/C19H23ClN6O3S2/c1-12(2)11-26-18(20)16(13(3)21-26)19(27)24-7-9-25(10-8-24)31(28,29)15-6-4-5-14-17(15)23-30-22-14/h4-6,12H,7-11H2,1-3H3. The summed E-state index contributed by atoms with van der Waals surface area (Å²) >= 11 is 7.43. The van der Waals surface area contributed by atoms with Crippen molar-refractivity contribution in [3.8, 4) is 0 Å². The van der Waals surface area contributed by atoms with E-state index in [9.17, 15) is 13.2 Å². The highest BCUT2D eigenvalue weighted by atomic mass is 35.5. The molecule has 0 radical (unpaired) electrons. The van der Waals surface area contributed by atoms with Crippen molar-refractivity contribution in [2.45, 2.75) is 32.2 Å². The summed E-state index contributed by atoms with van der Waals surface area (Å²) in [5.74, 6) is 0.117. The van der Waals surface area contributed by atoms with Gasteiger partial charge in [-0.1, -0.05) is 31.5 Å². The molecule has 4 rings (SSSR count). The molecule has 166 valence electrons. The largest absolute Gasteiger partial charge is 0.336 e.